The molecule has 23 heavy (non-hydrogen) atoms. The first-order valence-electron chi connectivity index (χ1n) is 7.62. The Kier molecular flexibility index (Phi) is 5.43. The Hall–Kier alpha value is -1.86. The van der Waals surface area contributed by atoms with Crippen LogP contribution in [0, 0.1) is 0 Å². The maximum atomic E-state index is 12.2. The molecule has 1 amide bonds. The molecule has 0 saturated carbocycles. The summed E-state index contributed by atoms with van der Waals surface area (Å²) >= 11 is 0. The van der Waals surface area contributed by atoms with E-state index in [0.717, 1.165) is 5.69 Å². The van der Waals surface area contributed by atoms with Gasteiger partial charge in [-0.15, -0.1) is 0 Å². The standard InChI is InChI=1S/C16H23N3O3S/c1-4-16(20)17-14-7-5-6-8-15(14)18-9-11-19(12-10-18)23(21,22)13(2)3/h4-8,13H,1,9-12H2,2-3H3,(H,17,20). The number of carbonyl (C=O) groups is 1. The predicted molar refractivity (Wildman–Crippen MR) is 93.1 cm³/mol. The molecule has 0 atom stereocenters. The maximum absolute atomic E-state index is 12.2. The van der Waals surface area contributed by atoms with E-state index in [1.54, 1.807) is 18.2 Å². The third-order valence-electron chi connectivity index (χ3n) is 3.88. The van der Waals surface area contributed by atoms with Crippen molar-refractivity contribution < 1.29 is 13.2 Å². The van der Waals surface area contributed by atoms with Gasteiger partial charge in [-0.3, -0.25) is 4.79 Å². The lowest BCUT2D eigenvalue weighted by Crippen LogP contribution is -2.50. The van der Waals surface area contributed by atoms with Gasteiger partial charge in [0.05, 0.1) is 16.6 Å². The van der Waals surface area contributed by atoms with Gasteiger partial charge in [0.25, 0.3) is 0 Å². The Bertz CT molecular complexity index is 678. The molecule has 0 radical (unpaired) electrons. The summed E-state index contributed by atoms with van der Waals surface area (Å²) in [4.78, 5) is 13.6. The summed E-state index contributed by atoms with van der Waals surface area (Å²) in [5, 5.41) is 2.38. The topological polar surface area (TPSA) is 69.7 Å². The molecule has 7 heteroatoms. The van der Waals surface area contributed by atoms with Crippen molar-refractivity contribution in [3.63, 3.8) is 0 Å². The molecule has 126 valence electrons. The number of rotatable bonds is 5. The van der Waals surface area contributed by atoms with Crippen molar-refractivity contribution >= 4 is 27.3 Å². The van der Waals surface area contributed by atoms with Gasteiger partial charge in [0.1, 0.15) is 0 Å². The number of nitrogens with one attached hydrogen (secondary N) is 1. The van der Waals surface area contributed by atoms with Crippen molar-refractivity contribution in [3.8, 4) is 0 Å². The van der Waals surface area contributed by atoms with Crippen LogP contribution in [0.1, 0.15) is 13.8 Å². The van der Waals surface area contributed by atoms with Crippen LogP contribution in [0.15, 0.2) is 36.9 Å². The van der Waals surface area contributed by atoms with Gasteiger partial charge in [-0.25, -0.2) is 8.42 Å². The summed E-state index contributed by atoms with van der Waals surface area (Å²) in [5.74, 6) is -0.265. The highest BCUT2D eigenvalue weighted by molar-refractivity contribution is 7.89. The van der Waals surface area contributed by atoms with Crippen LogP contribution >= 0.6 is 0 Å². The number of anilines is 2. The first-order chi connectivity index (χ1) is 10.9. The second-order valence-electron chi connectivity index (χ2n) is 5.69. The predicted octanol–water partition coefficient (Wildman–Crippen LogP) is 1.67. The van der Waals surface area contributed by atoms with Crippen molar-refractivity contribution in [2.45, 2.75) is 19.1 Å². The molecule has 2 rings (SSSR count). The summed E-state index contributed by atoms with van der Waals surface area (Å²) in [5.41, 5.74) is 1.60. The monoisotopic (exact) mass is 337 g/mol. The Morgan fingerprint density at radius 1 is 1.22 bits per heavy atom. The van der Waals surface area contributed by atoms with Crippen molar-refractivity contribution in [1.82, 2.24) is 4.31 Å². The largest absolute Gasteiger partial charge is 0.367 e. The molecule has 0 aromatic heterocycles. The zero-order chi connectivity index (χ0) is 17.0. The van der Waals surface area contributed by atoms with Crippen LogP contribution < -0.4 is 10.2 Å². The van der Waals surface area contributed by atoms with Gasteiger partial charge < -0.3 is 10.2 Å². The van der Waals surface area contributed by atoms with E-state index in [4.69, 9.17) is 0 Å². The first kappa shape index (κ1) is 17.5. The molecule has 1 saturated heterocycles. The number of nitrogens with zero attached hydrogens (tertiary/aromatic N) is 2. The smallest absolute Gasteiger partial charge is 0.247 e. The lowest BCUT2D eigenvalue weighted by atomic mass is 10.2. The van der Waals surface area contributed by atoms with Gasteiger partial charge >= 0.3 is 0 Å². The van der Waals surface area contributed by atoms with Crippen LogP contribution in [0.25, 0.3) is 0 Å². The van der Waals surface area contributed by atoms with Crippen LogP contribution in [-0.4, -0.2) is 50.1 Å². The molecular formula is C16H23N3O3S. The average Bonchev–Trinajstić information content (AvgIpc) is 2.55. The third-order valence-corrected chi connectivity index (χ3v) is 6.16. The number of benzene rings is 1. The molecule has 1 N–H and O–H groups in total. The van der Waals surface area contributed by atoms with E-state index in [1.807, 2.05) is 24.3 Å². The second-order valence-corrected chi connectivity index (χ2v) is 8.18. The zero-order valence-electron chi connectivity index (χ0n) is 13.5. The first-order valence-corrected chi connectivity index (χ1v) is 9.13. The molecule has 0 bridgehead atoms. The van der Waals surface area contributed by atoms with Gasteiger partial charge in [0.15, 0.2) is 0 Å². The summed E-state index contributed by atoms with van der Waals surface area (Å²) < 4.78 is 26.0. The molecule has 1 aliphatic heterocycles. The van der Waals surface area contributed by atoms with E-state index in [0.29, 0.717) is 31.9 Å². The van der Waals surface area contributed by atoms with Gasteiger partial charge in [-0.1, -0.05) is 18.7 Å². The van der Waals surface area contributed by atoms with Crippen molar-refractivity contribution in [3.05, 3.63) is 36.9 Å². The highest BCUT2D eigenvalue weighted by atomic mass is 32.2. The van der Waals surface area contributed by atoms with Crippen molar-refractivity contribution in [2.75, 3.05) is 36.4 Å². The quantitative estimate of drug-likeness (QED) is 0.830. The van der Waals surface area contributed by atoms with E-state index >= 15 is 0 Å². The fraction of sp³-hybridized carbons (Fsp3) is 0.438. The molecular weight excluding hydrogens is 314 g/mol. The second kappa shape index (κ2) is 7.14. The fourth-order valence-corrected chi connectivity index (χ4v) is 3.79. The minimum atomic E-state index is -3.21. The normalized spacial score (nSPS) is 16.4. The number of amides is 1. The molecule has 6 nitrogen and oxygen atoms in total. The van der Waals surface area contributed by atoms with E-state index in [2.05, 4.69) is 16.8 Å². The zero-order valence-corrected chi connectivity index (χ0v) is 14.3. The number of hydrogen-bond acceptors (Lipinski definition) is 4. The van der Waals surface area contributed by atoms with Crippen LogP contribution in [0.2, 0.25) is 0 Å². The summed E-state index contributed by atoms with van der Waals surface area (Å²) in [7, 11) is -3.21. The molecule has 1 aromatic rings. The SMILES string of the molecule is C=CC(=O)Nc1ccccc1N1CCN(S(=O)(=O)C(C)C)CC1. The molecule has 1 fully saturated rings. The van der Waals surface area contributed by atoms with E-state index < -0.39 is 15.3 Å². The van der Waals surface area contributed by atoms with Gasteiger partial charge in [-0.05, 0) is 32.1 Å². The molecule has 1 aromatic carbocycles. The highest BCUT2D eigenvalue weighted by Gasteiger charge is 2.29. The molecule has 0 unspecified atom stereocenters. The number of sulfonamides is 1. The fourth-order valence-electron chi connectivity index (χ4n) is 2.52. The van der Waals surface area contributed by atoms with Crippen molar-refractivity contribution in [1.29, 1.82) is 0 Å². The van der Waals surface area contributed by atoms with Gasteiger partial charge in [-0.2, -0.15) is 4.31 Å². The Morgan fingerprint density at radius 3 is 2.39 bits per heavy atom. The number of para-hydroxylation sites is 2. The minimum absolute atomic E-state index is 0.265. The molecule has 0 spiro atoms. The molecule has 1 heterocycles. The number of piperazine rings is 1. The molecule has 0 aliphatic carbocycles. The minimum Gasteiger partial charge on any atom is -0.367 e. The van der Waals surface area contributed by atoms with Crippen LogP contribution in [0.4, 0.5) is 11.4 Å². The Labute approximate surface area is 137 Å². The lowest BCUT2D eigenvalue weighted by molar-refractivity contribution is -0.111. The van der Waals surface area contributed by atoms with E-state index in [9.17, 15) is 13.2 Å². The summed E-state index contributed by atoms with van der Waals surface area (Å²) in [6.07, 6.45) is 1.23. The van der Waals surface area contributed by atoms with E-state index in [1.165, 1.54) is 6.08 Å². The third kappa shape index (κ3) is 3.92. The maximum Gasteiger partial charge on any atom is 0.247 e. The summed E-state index contributed by atoms with van der Waals surface area (Å²) in [6, 6.07) is 7.50. The van der Waals surface area contributed by atoms with Crippen LogP contribution in [0.3, 0.4) is 0 Å². The van der Waals surface area contributed by atoms with Crippen molar-refractivity contribution in [2.24, 2.45) is 0 Å². The number of carbonyl (C=O) groups excluding carboxylic acids is 1. The lowest BCUT2D eigenvalue weighted by Gasteiger charge is -2.36. The summed E-state index contributed by atoms with van der Waals surface area (Å²) in [6.45, 7) is 8.92. The average molecular weight is 337 g/mol. The van der Waals surface area contributed by atoms with E-state index in [-0.39, 0.29) is 5.91 Å². The Balaban J connectivity index is 2.12. The number of hydrogen-bond donors (Lipinski definition) is 1. The van der Waals surface area contributed by atoms with Crippen LogP contribution in [0.5, 0.6) is 0 Å². The Morgan fingerprint density at radius 2 is 1.83 bits per heavy atom. The van der Waals surface area contributed by atoms with Gasteiger partial charge in [0, 0.05) is 26.2 Å². The molecule has 1 aliphatic rings. The van der Waals surface area contributed by atoms with Crippen LogP contribution in [-0.2, 0) is 14.8 Å². The van der Waals surface area contributed by atoms with Gasteiger partial charge in [0.2, 0.25) is 15.9 Å². The highest BCUT2D eigenvalue weighted by Crippen LogP contribution is 2.27.